The third-order valence-electron chi connectivity index (χ3n) is 1.07. The van der Waals surface area contributed by atoms with Gasteiger partial charge in [0.25, 0.3) is 0 Å². The third kappa shape index (κ3) is 6.74. The highest BCUT2D eigenvalue weighted by Crippen LogP contribution is 2.61. The molecule has 7 heteroatoms. The maximum Gasteiger partial charge on any atom is 0.335 e. The summed E-state index contributed by atoms with van der Waals surface area (Å²) in [6.45, 7) is 7.72. The van der Waals surface area contributed by atoms with E-state index in [0.29, 0.717) is 0 Å². The van der Waals surface area contributed by atoms with Crippen molar-refractivity contribution >= 4 is 15.2 Å². The van der Waals surface area contributed by atoms with E-state index >= 15 is 0 Å². The van der Waals surface area contributed by atoms with Gasteiger partial charge >= 0.3 is 15.2 Å². The zero-order valence-corrected chi connectivity index (χ0v) is 11.2. The fraction of sp³-hybridized carbons (Fsp3) is 1.00. The molecule has 0 aromatic heterocycles. The molecule has 0 aliphatic carbocycles. The minimum Gasteiger partial charge on any atom is -0.312 e. The van der Waals surface area contributed by atoms with Gasteiger partial charge in [0, 0.05) is 20.4 Å². The summed E-state index contributed by atoms with van der Waals surface area (Å²) in [5.41, 5.74) is -0.613. The minimum absolute atomic E-state index is 0.613. The van der Waals surface area contributed by atoms with Crippen molar-refractivity contribution in [1.82, 2.24) is 0 Å². The van der Waals surface area contributed by atoms with Crippen LogP contribution in [-0.4, -0.2) is 26.0 Å². The summed E-state index contributed by atoms with van der Waals surface area (Å²) in [5, 5.41) is 0. The molecule has 5 nitrogen and oxygen atoms in total. The molecule has 0 aromatic rings. The van der Waals surface area contributed by atoms with E-state index in [-0.39, 0.29) is 0 Å². The van der Waals surface area contributed by atoms with Crippen molar-refractivity contribution in [2.24, 2.45) is 0 Å². The first-order valence-corrected chi connectivity index (χ1v) is 8.08. The van der Waals surface area contributed by atoms with Crippen molar-refractivity contribution in [3.8, 4) is 0 Å². The van der Waals surface area contributed by atoms with Crippen molar-refractivity contribution in [3.63, 3.8) is 0 Å². The lowest BCUT2D eigenvalue weighted by atomic mass is 10.2. The van der Waals surface area contributed by atoms with Gasteiger partial charge in [-0.25, -0.2) is 4.31 Å². The highest BCUT2D eigenvalue weighted by molar-refractivity contribution is 7.66. The molecule has 2 unspecified atom stereocenters. The smallest absolute Gasteiger partial charge is 0.312 e. The Morgan fingerprint density at radius 3 is 1.71 bits per heavy atom. The van der Waals surface area contributed by atoms with E-state index in [9.17, 15) is 9.13 Å². The van der Waals surface area contributed by atoms with Crippen molar-refractivity contribution in [2.75, 3.05) is 20.4 Å². The zero-order valence-electron chi connectivity index (χ0n) is 9.44. The first-order chi connectivity index (χ1) is 5.97. The minimum atomic E-state index is -3.34. The van der Waals surface area contributed by atoms with Gasteiger partial charge in [0.2, 0.25) is 0 Å². The Hall–Kier alpha value is 0.340. The van der Waals surface area contributed by atoms with Gasteiger partial charge in [0.1, 0.15) is 0 Å². The van der Waals surface area contributed by atoms with E-state index in [0.717, 1.165) is 0 Å². The monoisotopic (exact) mass is 244 g/mol. The molecule has 0 rings (SSSR count). The average molecular weight is 244 g/mol. The predicted molar refractivity (Wildman–Crippen MR) is 56.0 cm³/mol. The fourth-order valence-electron chi connectivity index (χ4n) is 0.817. The number of rotatable bonds is 4. The van der Waals surface area contributed by atoms with Gasteiger partial charge < -0.3 is 9.05 Å². The number of hydrogen-bond acceptors (Lipinski definition) is 5. The van der Waals surface area contributed by atoms with Gasteiger partial charge in [0.05, 0.1) is 5.60 Å². The molecule has 0 aromatic carbocycles. The maximum atomic E-state index is 11.7. The molecule has 0 radical (unpaired) electrons. The van der Waals surface area contributed by atoms with E-state index < -0.39 is 20.8 Å². The van der Waals surface area contributed by atoms with Crippen molar-refractivity contribution in [1.29, 1.82) is 0 Å². The Bertz CT molecular complexity index is 280. The standard InChI is InChI=1S/C7H18O5P2/c1-7(2,3)11-14(6,9)12-13(5,8)10-4/h1-6H3. The normalized spacial score (nSPS) is 21.3. The molecule has 14 heavy (non-hydrogen) atoms. The topological polar surface area (TPSA) is 61.8 Å². The summed E-state index contributed by atoms with van der Waals surface area (Å²) in [7, 11) is -5.38. The van der Waals surface area contributed by atoms with Gasteiger partial charge in [-0.2, -0.15) is 0 Å². The van der Waals surface area contributed by atoms with Crippen molar-refractivity contribution in [3.05, 3.63) is 0 Å². The lowest BCUT2D eigenvalue weighted by Gasteiger charge is -2.25. The molecule has 86 valence electrons. The van der Waals surface area contributed by atoms with Gasteiger partial charge in [-0.05, 0) is 20.8 Å². The average Bonchev–Trinajstić information content (AvgIpc) is 1.78. The molecule has 2 atom stereocenters. The molecular weight excluding hydrogens is 226 g/mol. The zero-order chi connectivity index (χ0) is 11.6. The second-order valence-electron chi connectivity index (χ2n) is 4.01. The second-order valence-corrected chi connectivity index (χ2v) is 8.30. The summed E-state index contributed by atoms with van der Waals surface area (Å²) in [4.78, 5) is 0. The van der Waals surface area contributed by atoms with Gasteiger partial charge in [-0.3, -0.25) is 9.13 Å². The van der Waals surface area contributed by atoms with Crippen LogP contribution in [0.2, 0.25) is 0 Å². The van der Waals surface area contributed by atoms with Gasteiger partial charge in [-0.1, -0.05) is 0 Å². The first kappa shape index (κ1) is 14.3. The molecule has 0 amide bonds. The Morgan fingerprint density at radius 1 is 1.00 bits per heavy atom. The number of hydrogen-bond donors (Lipinski definition) is 0. The van der Waals surface area contributed by atoms with E-state index in [1.165, 1.54) is 20.4 Å². The highest BCUT2D eigenvalue weighted by Gasteiger charge is 2.32. The molecule has 0 bridgehead atoms. The van der Waals surface area contributed by atoms with Crippen LogP contribution in [0, 0.1) is 0 Å². The van der Waals surface area contributed by atoms with Crippen LogP contribution >= 0.6 is 15.2 Å². The Labute approximate surface area is 85.2 Å². The molecule has 0 saturated heterocycles. The van der Waals surface area contributed by atoms with Crippen LogP contribution in [0.5, 0.6) is 0 Å². The highest BCUT2D eigenvalue weighted by atomic mass is 31.3. The largest absolute Gasteiger partial charge is 0.335 e. The Kier molecular flexibility index (Phi) is 4.57. The van der Waals surface area contributed by atoms with E-state index in [2.05, 4.69) is 4.52 Å². The molecule has 0 N–H and O–H groups in total. The van der Waals surface area contributed by atoms with Crippen molar-refractivity contribution in [2.45, 2.75) is 26.4 Å². The SMILES string of the molecule is COP(C)(=O)OP(C)(=O)OC(C)(C)C. The lowest BCUT2D eigenvalue weighted by molar-refractivity contribution is 0.114. The van der Waals surface area contributed by atoms with Crippen LogP contribution in [0.15, 0.2) is 0 Å². The quantitative estimate of drug-likeness (QED) is 0.711. The van der Waals surface area contributed by atoms with Crippen LogP contribution in [0.25, 0.3) is 0 Å². The summed E-state index contributed by atoms with van der Waals surface area (Å²) in [6.07, 6.45) is 0. The first-order valence-electron chi connectivity index (χ1n) is 4.10. The maximum absolute atomic E-state index is 11.7. The third-order valence-corrected chi connectivity index (χ3v) is 4.98. The van der Waals surface area contributed by atoms with Crippen molar-refractivity contribution < 1.29 is 22.5 Å². The molecule has 0 fully saturated rings. The fourth-order valence-corrected chi connectivity index (χ4v) is 4.37. The summed E-state index contributed by atoms with van der Waals surface area (Å²) in [5.74, 6) is 0. The molecular formula is C7H18O5P2. The Morgan fingerprint density at radius 2 is 1.43 bits per heavy atom. The van der Waals surface area contributed by atoms with E-state index in [1.54, 1.807) is 20.8 Å². The molecule has 0 heterocycles. The van der Waals surface area contributed by atoms with E-state index in [4.69, 9.17) is 8.83 Å². The molecule has 0 saturated carbocycles. The van der Waals surface area contributed by atoms with Crippen LogP contribution in [0.4, 0.5) is 0 Å². The van der Waals surface area contributed by atoms with E-state index in [1.807, 2.05) is 0 Å². The molecule has 0 aliphatic rings. The van der Waals surface area contributed by atoms with Crippen LogP contribution in [-0.2, 0) is 22.5 Å². The van der Waals surface area contributed by atoms with Gasteiger partial charge in [-0.15, -0.1) is 0 Å². The Balaban J connectivity index is 4.52. The molecule has 0 aliphatic heterocycles. The second kappa shape index (κ2) is 4.46. The summed E-state index contributed by atoms with van der Waals surface area (Å²) < 4.78 is 37.6. The van der Waals surface area contributed by atoms with Crippen LogP contribution < -0.4 is 0 Å². The summed E-state index contributed by atoms with van der Waals surface area (Å²) >= 11 is 0. The van der Waals surface area contributed by atoms with Crippen LogP contribution in [0.1, 0.15) is 20.8 Å². The molecule has 0 spiro atoms. The summed E-state index contributed by atoms with van der Waals surface area (Å²) in [6, 6.07) is 0. The van der Waals surface area contributed by atoms with Crippen LogP contribution in [0.3, 0.4) is 0 Å². The predicted octanol–water partition coefficient (Wildman–Crippen LogP) is 3.11. The van der Waals surface area contributed by atoms with Gasteiger partial charge in [0.15, 0.2) is 0 Å². The lowest BCUT2D eigenvalue weighted by Crippen LogP contribution is -2.17.